The molecule has 2 heteroatoms. The lowest BCUT2D eigenvalue weighted by molar-refractivity contribution is 0.733. The molecule has 0 heterocycles. The minimum absolute atomic E-state index is 0.559. The Hall–Kier alpha value is -4.30. The quantitative estimate of drug-likeness (QED) is 0.217. The van der Waals surface area contributed by atoms with Crippen LogP contribution in [0.5, 0.6) is 0 Å². The molecule has 0 saturated heterocycles. The molecule has 1 unspecified atom stereocenters. The van der Waals surface area contributed by atoms with Crippen LogP contribution in [0, 0.1) is 6.92 Å². The lowest BCUT2D eigenvalue weighted by Gasteiger charge is -2.28. The molecule has 0 saturated carbocycles. The summed E-state index contributed by atoms with van der Waals surface area (Å²) in [6, 6.07) is 47.7. The van der Waals surface area contributed by atoms with Gasteiger partial charge in [-0.1, -0.05) is 80.1 Å². The molecule has 5 aromatic carbocycles. The summed E-state index contributed by atoms with van der Waals surface area (Å²) in [6.45, 7) is 6.65. The van der Waals surface area contributed by atoms with Crippen LogP contribution >= 0.6 is 0 Å². The first-order valence-corrected chi connectivity index (χ1v) is 13.1. The molecule has 5 rings (SSSR count). The standard InChI is InChI=1S/C35H34N2/c1-4-28(3)29-17-21-33(22-18-29)37(31-13-9-6-10-14-31)35-25-23-34(24-26-35)36(30-11-7-5-8-12-30)32-19-15-27(2)16-20-32/h5-26,28H,4H2,1-3H3. The van der Waals surface area contributed by atoms with Crippen LogP contribution in [-0.2, 0) is 0 Å². The predicted octanol–water partition coefficient (Wildman–Crippen LogP) is 10.4. The molecule has 0 spiro atoms. The van der Waals surface area contributed by atoms with Gasteiger partial charge in [0.2, 0.25) is 0 Å². The Morgan fingerprint density at radius 3 is 1.16 bits per heavy atom. The van der Waals surface area contributed by atoms with Crippen LogP contribution in [0.1, 0.15) is 37.3 Å². The third-order valence-corrected chi connectivity index (χ3v) is 7.02. The topological polar surface area (TPSA) is 6.48 Å². The van der Waals surface area contributed by atoms with Crippen molar-refractivity contribution >= 4 is 34.1 Å². The summed E-state index contributed by atoms with van der Waals surface area (Å²) >= 11 is 0. The van der Waals surface area contributed by atoms with Gasteiger partial charge in [-0.05, 0) is 97.6 Å². The highest BCUT2D eigenvalue weighted by Gasteiger charge is 2.16. The number of anilines is 6. The maximum absolute atomic E-state index is 2.32. The predicted molar refractivity (Wildman–Crippen MR) is 159 cm³/mol. The van der Waals surface area contributed by atoms with Crippen molar-refractivity contribution in [3.05, 3.63) is 145 Å². The third-order valence-electron chi connectivity index (χ3n) is 7.02. The van der Waals surface area contributed by atoms with Gasteiger partial charge < -0.3 is 9.80 Å². The minimum Gasteiger partial charge on any atom is -0.311 e. The summed E-state index contributed by atoms with van der Waals surface area (Å²) in [6.07, 6.45) is 1.14. The fraction of sp³-hybridized carbons (Fsp3) is 0.143. The summed E-state index contributed by atoms with van der Waals surface area (Å²) in [4.78, 5) is 4.62. The smallest absolute Gasteiger partial charge is 0.0463 e. The first kappa shape index (κ1) is 24.4. The van der Waals surface area contributed by atoms with Gasteiger partial charge in [0, 0.05) is 34.1 Å². The van der Waals surface area contributed by atoms with Crippen molar-refractivity contribution in [2.45, 2.75) is 33.1 Å². The van der Waals surface area contributed by atoms with E-state index in [1.165, 1.54) is 11.1 Å². The molecule has 2 nitrogen and oxygen atoms in total. The van der Waals surface area contributed by atoms with Crippen molar-refractivity contribution in [3.63, 3.8) is 0 Å². The number of aryl methyl sites for hydroxylation is 1. The Labute approximate surface area is 221 Å². The summed E-state index contributed by atoms with van der Waals surface area (Å²) in [5, 5.41) is 0. The van der Waals surface area contributed by atoms with Crippen molar-refractivity contribution in [1.82, 2.24) is 0 Å². The Morgan fingerprint density at radius 2 is 0.784 bits per heavy atom. The molecule has 0 radical (unpaired) electrons. The second kappa shape index (κ2) is 11.2. The number of hydrogen-bond acceptors (Lipinski definition) is 2. The molecule has 0 aliphatic carbocycles. The van der Waals surface area contributed by atoms with Gasteiger partial charge in [-0.3, -0.25) is 0 Å². The second-order valence-corrected chi connectivity index (χ2v) is 9.59. The molecule has 0 amide bonds. The fourth-order valence-electron chi connectivity index (χ4n) is 4.68. The third kappa shape index (κ3) is 5.44. The minimum atomic E-state index is 0.559. The Balaban J connectivity index is 1.54. The van der Waals surface area contributed by atoms with Crippen molar-refractivity contribution in [1.29, 1.82) is 0 Å². The number of para-hydroxylation sites is 2. The molecular formula is C35H34N2. The number of hydrogen-bond donors (Lipinski definition) is 0. The maximum atomic E-state index is 2.32. The van der Waals surface area contributed by atoms with Crippen molar-refractivity contribution in [3.8, 4) is 0 Å². The van der Waals surface area contributed by atoms with E-state index in [2.05, 4.69) is 164 Å². The zero-order valence-electron chi connectivity index (χ0n) is 21.9. The van der Waals surface area contributed by atoms with Crippen LogP contribution < -0.4 is 9.80 Å². The van der Waals surface area contributed by atoms with Crippen molar-refractivity contribution in [2.75, 3.05) is 9.80 Å². The van der Waals surface area contributed by atoms with E-state index in [4.69, 9.17) is 0 Å². The van der Waals surface area contributed by atoms with Gasteiger partial charge in [-0.25, -0.2) is 0 Å². The Morgan fingerprint density at radius 1 is 0.459 bits per heavy atom. The van der Waals surface area contributed by atoms with Gasteiger partial charge in [-0.15, -0.1) is 0 Å². The monoisotopic (exact) mass is 482 g/mol. The van der Waals surface area contributed by atoms with E-state index in [0.717, 1.165) is 40.5 Å². The average Bonchev–Trinajstić information content (AvgIpc) is 2.96. The number of rotatable bonds is 8. The first-order valence-electron chi connectivity index (χ1n) is 13.1. The van der Waals surface area contributed by atoms with E-state index in [0.29, 0.717) is 5.92 Å². The van der Waals surface area contributed by atoms with Gasteiger partial charge >= 0.3 is 0 Å². The molecule has 0 aliphatic rings. The number of nitrogens with zero attached hydrogens (tertiary/aromatic N) is 2. The van der Waals surface area contributed by atoms with Crippen LogP contribution in [0.15, 0.2) is 133 Å². The highest BCUT2D eigenvalue weighted by molar-refractivity contribution is 5.81. The summed E-state index contributed by atoms with van der Waals surface area (Å²) in [7, 11) is 0. The molecule has 0 aliphatic heterocycles. The Kier molecular flexibility index (Phi) is 7.37. The number of benzene rings is 5. The van der Waals surface area contributed by atoms with Crippen LogP contribution in [-0.4, -0.2) is 0 Å². The highest BCUT2D eigenvalue weighted by Crippen LogP contribution is 2.39. The summed E-state index contributed by atoms with van der Waals surface area (Å²) < 4.78 is 0. The van der Waals surface area contributed by atoms with Crippen LogP contribution in [0.3, 0.4) is 0 Å². The van der Waals surface area contributed by atoms with Crippen molar-refractivity contribution < 1.29 is 0 Å². The van der Waals surface area contributed by atoms with Crippen molar-refractivity contribution in [2.24, 2.45) is 0 Å². The molecule has 0 fully saturated rings. The fourth-order valence-corrected chi connectivity index (χ4v) is 4.68. The SMILES string of the molecule is CCC(C)c1ccc(N(c2ccccc2)c2ccc(N(c3ccccc3)c3ccc(C)cc3)cc2)cc1. The van der Waals surface area contributed by atoms with Gasteiger partial charge in [0.15, 0.2) is 0 Å². The zero-order valence-corrected chi connectivity index (χ0v) is 21.9. The maximum Gasteiger partial charge on any atom is 0.0463 e. The van der Waals surface area contributed by atoms with Gasteiger partial charge in [-0.2, -0.15) is 0 Å². The van der Waals surface area contributed by atoms with E-state index in [9.17, 15) is 0 Å². The van der Waals surface area contributed by atoms with Crippen LogP contribution in [0.2, 0.25) is 0 Å². The molecule has 1 atom stereocenters. The molecule has 0 bridgehead atoms. The van der Waals surface area contributed by atoms with Crippen LogP contribution in [0.4, 0.5) is 34.1 Å². The van der Waals surface area contributed by atoms with Gasteiger partial charge in [0.1, 0.15) is 0 Å². The van der Waals surface area contributed by atoms with E-state index in [1.807, 2.05) is 0 Å². The largest absolute Gasteiger partial charge is 0.311 e. The van der Waals surface area contributed by atoms with E-state index < -0.39 is 0 Å². The molecule has 0 aromatic heterocycles. The van der Waals surface area contributed by atoms with E-state index in [1.54, 1.807) is 0 Å². The average molecular weight is 483 g/mol. The molecule has 37 heavy (non-hydrogen) atoms. The van der Waals surface area contributed by atoms with E-state index >= 15 is 0 Å². The summed E-state index contributed by atoms with van der Waals surface area (Å²) in [5.41, 5.74) is 9.47. The normalized spacial score (nSPS) is 11.6. The molecule has 184 valence electrons. The van der Waals surface area contributed by atoms with Crippen LogP contribution in [0.25, 0.3) is 0 Å². The summed E-state index contributed by atoms with van der Waals surface area (Å²) in [5.74, 6) is 0.559. The zero-order chi connectivity index (χ0) is 25.6. The molecular weight excluding hydrogens is 448 g/mol. The lowest BCUT2D eigenvalue weighted by Crippen LogP contribution is -2.12. The van der Waals surface area contributed by atoms with E-state index in [-0.39, 0.29) is 0 Å². The molecule has 5 aromatic rings. The highest BCUT2D eigenvalue weighted by atomic mass is 15.2. The van der Waals surface area contributed by atoms with Gasteiger partial charge in [0.25, 0.3) is 0 Å². The molecule has 0 N–H and O–H groups in total. The van der Waals surface area contributed by atoms with Gasteiger partial charge in [0.05, 0.1) is 0 Å². The Bertz CT molecular complexity index is 1390. The lowest BCUT2D eigenvalue weighted by atomic mass is 9.98. The first-order chi connectivity index (χ1) is 18.1. The second-order valence-electron chi connectivity index (χ2n) is 9.59.